The van der Waals surface area contributed by atoms with Crippen LogP contribution in [0.5, 0.6) is 5.75 Å². The number of furan rings is 1. The van der Waals surface area contributed by atoms with Crippen molar-refractivity contribution in [1.82, 2.24) is 0 Å². The van der Waals surface area contributed by atoms with E-state index in [-0.39, 0.29) is 5.22 Å². The van der Waals surface area contributed by atoms with Gasteiger partial charge in [0.1, 0.15) is 17.6 Å². The van der Waals surface area contributed by atoms with Gasteiger partial charge < -0.3 is 14.3 Å². The highest BCUT2D eigenvalue weighted by Crippen LogP contribution is 2.33. The van der Waals surface area contributed by atoms with Crippen molar-refractivity contribution in [3.8, 4) is 5.75 Å². The Kier molecular flexibility index (Phi) is 4.32. The largest absolute Gasteiger partial charge is 0.493 e. The first-order valence-corrected chi connectivity index (χ1v) is 6.64. The van der Waals surface area contributed by atoms with Gasteiger partial charge in [-0.25, -0.2) is 0 Å². The van der Waals surface area contributed by atoms with E-state index in [1.807, 2.05) is 13.0 Å². The second-order valence-electron chi connectivity index (χ2n) is 3.66. The summed E-state index contributed by atoms with van der Waals surface area (Å²) in [6.07, 6.45) is -0.906. The van der Waals surface area contributed by atoms with E-state index in [9.17, 15) is 5.11 Å². The minimum absolute atomic E-state index is 0.247. The predicted octanol–water partition coefficient (Wildman–Crippen LogP) is 4.18. The topological polar surface area (TPSA) is 42.6 Å². The van der Waals surface area contributed by atoms with Crippen LogP contribution in [-0.4, -0.2) is 11.7 Å². The van der Waals surface area contributed by atoms with Crippen LogP contribution in [0.1, 0.15) is 24.4 Å². The van der Waals surface area contributed by atoms with Gasteiger partial charge in [0.25, 0.3) is 0 Å². The number of benzene rings is 1. The summed E-state index contributed by atoms with van der Waals surface area (Å²) < 4.78 is 11.6. The van der Waals surface area contributed by atoms with Crippen molar-refractivity contribution in [3.63, 3.8) is 0 Å². The van der Waals surface area contributed by atoms with Gasteiger partial charge in [-0.05, 0) is 48.9 Å². The highest BCUT2D eigenvalue weighted by Gasteiger charge is 2.19. The lowest BCUT2D eigenvalue weighted by Crippen LogP contribution is -2.03. The molecule has 1 N–H and O–H groups in total. The van der Waals surface area contributed by atoms with E-state index in [0.717, 1.165) is 4.47 Å². The van der Waals surface area contributed by atoms with Gasteiger partial charge in [0.15, 0.2) is 5.22 Å². The average Bonchev–Trinajstić information content (AvgIpc) is 2.77. The molecule has 1 aromatic heterocycles. The van der Waals surface area contributed by atoms with Gasteiger partial charge in [-0.15, -0.1) is 0 Å². The van der Waals surface area contributed by atoms with Crippen molar-refractivity contribution < 1.29 is 14.3 Å². The van der Waals surface area contributed by atoms with Crippen LogP contribution in [0.4, 0.5) is 0 Å². The highest BCUT2D eigenvalue weighted by atomic mass is 79.9. The van der Waals surface area contributed by atoms with Crippen molar-refractivity contribution in [3.05, 3.63) is 51.3 Å². The Morgan fingerprint density at radius 2 is 2.17 bits per heavy atom. The molecule has 2 aromatic rings. The van der Waals surface area contributed by atoms with Crippen LogP contribution < -0.4 is 4.74 Å². The molecule has 0 fully saturated rings. The third kappa shape index (κ3) is 2.88. The van der Waals surface area contributed by atoms with Crippen LogP contribution in [0.3, 0.4) is 0 Å². The SMILES string of the molecule is CCOc1ccc(Br)cc1C(O)c1ccc(Cl)o1. The van der Waals surface area contributed by atoms with Crippen molar-refractivity contribution in [2.24, 2.45) is 0 Å². The summed E-state index contributed by atoms with van der Waals surface area (Å²) >= 11 is 9.08. The minimum atomic E-state index is -0.906. The van der Waals surface area contributed by atoms with E-state index in [1.165, 1.54) is 0 Å². The van der Waals surface area contributed by atoms with E-state index in [0.29, 0.717) is 23.7 Å². The molecule has 0 saturated heterocycles. The van der Waals surface area contributed by atoms with E-state index >= 15 is 0 Å². The summed E-state index contributed by atoms with van der Waals surface area (Å²) in [6, 6.07) is 8.70. The number of rotatable bonds is 4. The lowest BCUT2D eigenvalue weighted by atomic mass is 10.1. The molecule has 0 aliphatic heterocycles. The number of hydrogen-bond acceptors (Lipinski definition) is 3. The van der Waals surface area contributed by atoms with E-state index in [4.69, 9.17) is 20.8 Å². The number of aliphatic hydroxyl groups is 1. The van der Waals surface area contributed by atoms with Gasteiger partial charge in [-0.3, -0.25) is 0 Å². The molecule has 3 nitrogen and oxygen atoms in total. The Hall–Kier alpha value is -0.970. The Morgan fingerprint density at radius 3 is 2.78 bits per heavy atom. The molecule has 0 bridgehead atoms. The summed E-state index contributed by atoms with van der Waals surface area (Å²) in [5.41, 5.74) is 0.636. The van der Waals surface area contributed by atoms with Crippen molar-refractivity contribution in [2.45, 2.75) is 13.0 Å². The Bertz CT molecular complexity index is 539. The van der Waals surface area contributed by atoms with Gasteiger partial charge in [0.2, 0.25) is 0 Å². The molecule has 1 atom stereocenters. The zero-order valence-electron chi connectivity index (χ0n) is 9.69. The highest BCUT2D eigenvalue weighted by molar-refractivity contribution is 9.10. The quantitative estimate of drug-likeness (QED) is 0.914. The minimum Gasteiger partial charge on any atom is -0.493 e. The standard InChI is InChI=1S/C13H12BrClO3/c1-2-17-10-4-3-8(14)7-9(10)13(16)11-5-6-12(15)18-11/h3-7,13,16H,2H2,1H3. The van der Waals surface area contributed by atoms with E-state index in [1.54, 1.807) is 24.3 Å². The van der Waals surface area contributed by atoms with Crippen LogP contribution in [0, 0.1) is 0 Å². The third-order valence-corrected chi connectivity index (χ3v) is 3.13. The van der Waals surface area contributed by atoms with Gasteiger partial charge in [0.05, 0.1) is 6.61 Å². The molecular formula is C13H12BrClO3. The van der Waals surface area contributed by atoms with E-state index < -0.39 is 6.10 Å². The smallest absolute Gasteiger partial charge is 0.193 e. The molecule has 1 heterocycles. The fourth-order valence-electron chi connectivity index (χ4n) is 1.65. The third-order valence-electron chi connectivity index (χ3n) is 2.43. The second-order valence-corrected chi connectivity index (χ2v) is 4.95. The molecule has 0 aliphatic rings. The van der Waals surface area contributed by atoms with Crippen molar-refractivity contribution >= 4 is 27.5 Å². The first kappa shape index (κ1) is 13.5. The molecule has 0 radical (unpaired) electrons. The first-order valence-electron chi connectivity index (χ1n) is 5.47. The fourth-order valence-corrected chi connectivity index (χ4v) is 2.18. The summed E-state index contributed by atoms with van der Waals surface area (Å²) in [5.74, 6) is 1.01. The predicted molar refractivity (Wildman–Crippen MR) is 73.1 cm³/mol. The number of hydrogen-bond donors (Lipinski definition) is 1. The average molecular weight is 332 g/mol. The molecule has 0 amide bonds. The monoisotopic (exact) mass is 330 g/mol. The van der Waals surface area contributed by atoms with Gasteiger partial charge >= 0.3 is 0 Å². The van der Waals surface area contributed by atoms with Crippen LogP contribution in [0.2, 0.25) is 5.22 Å². The normalized spacial score (nSPS) is 12.4. The molecule has 0 spiro atoms. The van der Waals surface area contributed by atoms with Gasteiger partial charge in [-0.1, -0.05) is 15.9 Å². The van der Waals surface area contributed by atoms with Gasteiger partial charge in [0, 0.05) is 10.0 Å². The van der Waals surface area contributed by atoms with Crippen LogP contribution >= 0.6 is 27.5 Å². The van der Waals surface area contributed by atoms with Gasteiger partial charge in [-0.2, -0.15) is 0 Å². The Labute approximate surface area is 118 Å². The maximum Gasteiger partial charge on any atom is 0.193 e. The number of ether oxygens (including phenoxy) is 1. The maximum atomic E-state index is 10.3. The molecule has 96 valence electrons. The molecule has 1 aromatic carbocycles. The molecule has 18 heavy (non-hydrogen) atoms. The molecule has 5 heteroatoms. The molecule has 0 saturated carbocycles. The molecular weight excluding hydrogens is 319 g/mol. The second kappa shape index (κ2) is 5.78. The summed E-state index contributed by atoms with van der Waals surface area (Å²) in [5, 5.41) is 10.5. The van der Waals surface area contributed by atoms with Crippen molar-refractivity contribution in [2.75, 3.05) is 6.61 Å². The molecule has 0 aliphatic carbocycles. The maximum absolute atomic E-state index is 10.3. The van der Waals surface area contributed by atoms with Crippen LogP contribution in [-0.2, 0) is 0 Å². The Morgan fingerprint density at radius 1 is 1.39 bits per heavy atom. The summed E-state index contributed by atoms with van der Waals surface area (Å²) in [6.45, 7) is 2.42. The zero-order valence-corrected chi connectivity index (χ0v) is 12.0. The lowest BCUT2D eigenvalue weighted by molar-refractivity contribution is 0.183. The Balaban J connectivity index is 2.39. The molecule has 1 unspecified atom stereocenters. The lowest BCUT2D eigenvalue weighted by Gasteiger charge is -2.14. The fraction of sp³-hybridized carbons (Fsp3) is 0.231. The number of aliphatic hydroxyl groups excluding tert-OH is 1. The van der Waals surface area contributed by atoms with Crippen LogP contribution in [0.15, 0.2) is 39.2 Å². The van der Waals surface area contributed by atoms with E-state index in [2.05, 4.69) is 15.9 Å². The molecule has 2 rings (SSSR count). The summed E-state index contributed by atoms with van der Waals surface area (Å²) in [7, 11) is 0. The number of halogens is 2. The summed E-state index contributed by atoms with van der Waals surface area (Å²) in [4.78, 5) is 0. The van der Waals surface area contributed by atoms with Crippen molar-refractivity contribution in [1.29, 1.82) is 0 Å². The first-order chi connectivity index (χ1) is 8.61. The zero-order chi connectivity index (χ0) is 13.1. The van der Waals surface area contributed by atoms with Crippen LogP contribution in [0.25, 0.3) is 0 Å².